The smallest absolute Gasteiger partial charge is 0.137 e. The van der Waals surface area contributed by atoms with Crippen molar-refractivity contribution in [3.63, 3.8) is 0 Å². The van der Waals surface area contributed by atoms with Gasteiger partial charge in [0.25, 0.3) is 0 Å². The maximum atomic E-state index is 4.65. The molecule has 3 aromatic carbocycles. The Labute approximate surface area is 216 Å². The fourth-order valence-electron chi connectivity index (χ4n) is 5.01. The number of hydrogen-bond donors (Lipinski definition) is 2. The average Bonchev–Trinajstić information content (AvgIpc) is 3.70. The van der Waals surface area contributed by atoms with E-state index >= 15 is 0 Å². The van der Waals surface area contributed by atoms with E-state index < -0.39 is 0 Å². The van der Waals surface area contributed by atoms with Crippen molar-refractivity contribution in [2.24, 2.45) is 0 Å². The molecule has 0 aliphatic carbocycles. The van der Waals surface area contributed by atoms with E-state index in [-0.39, 0.29) is 0 Å². The second-order valence-corrected chi connectivity index (χ2v) is 9.45. The van der Waals surface area contributed by atoms with E-state index in [9.17, 15) is 0 Å². The van der Waals surface area contributed by atoms with Crippen molar-refractivity contribution < 1.29 is 0 Å². The number of nitrogens with zero attached hydrogens (tertiary/aromatic N) is 4. The molecule has 0 aliphatic rings. The van der Waals surface area contributed by atoms with Crippen LogP contribution in [0.1, 0.15) is 34.9 Å². The van der Waals surface area contributed by atoms with Gasteiger partial charge in [0.05, 0.1) is 12.0 Å². The highest BCUT2D eigenvalue weighted by Crippen LogP contribution is 2.22. The molecule has 37 heavy (non-hydrogen) atoms. The topological polar surface area (TPSA) is 75.2 Å². The first-order chi connectivity index (χ1) is 18.3. The Morgan fingerprint density at radius 2 is 1.49 bits per heavy atom. The third-order valence-electron chi connectivity index (χ3n) is 6.99. The van der Waals surface area contributed by atoms with Gasteiger partial charge in [0.15, 0.2) is 0 Å². The fourth-order valence-corrected chi connectivity index (χ4v) is 5.01. The van der Waals surface area contributed by atoms with Crippen LogP contribution >= 0.6 is 0 Å². The second kappa shape index (κ2) is 10.7. The Bertz CT molecular complexity index is 1560. The molecular weight excluding hydrogens is 456 g/mol. The van der Waals surface area contributed by atoms with Gasteiger partial charge in [0.1, 0.15) is 11.6 Å². The SMILES string of the molecule is c1ccc(-c2ccc(Cc3nnc(CCc4c[nH]c5ccccc45)n3CCCc3c[nH]cn3)cc2)cc1. The van der Waals surface area contributed by atoms with E-state index in [4.69, 9.17) is 0 Å². The monoisotopic (exact) mass is 486 g/mol. The zero-order valence-corrected chi connectivity index (χ0v) is 20.8. The molecule has 0 atom stereocenters. The summed E-state index contributed by atoms with van der Waals surface area (Å²) in [5, 5.41) is 10.6. The van der Waals surface area contributed by atoms with Gasteiger partial charge in [-0.25, -0.2) is 4.98 Å². The lowest BCUT2D eigenvalue weighted by Crippen LogP contribution is -2.10. The van der Waals surface area contributed by atoms with Crippen molar-refractivity contribution in [1.82, 2.24) is 29.7 Å². The molecular formula is C31H30N6. The molecule has 0 radical (unpaired) electrons. The van der Waals surface area contributed by atoms with Gasteiger partial charge in [-0.1, -0.05) is 72.8 Å². The zero-order valence-electron chi connectivity index (χ0n) is 20.8. The Hall–Kier alpha value is -4.45. The largest absolute Gasteiger partial charge is 0.361 e. The number of hydrogen-bond acceptors (Lipinski definition) is 3. The van der Waals surface area contributed by atoms with Gasteiger partial charge in [-0.2, -0.15) is 0 Å². The minimum absolute atomic E-state index is 0.761. The van der Waals surface area contributed by atoms with Crippen LogP contribution in [0, 0.1) is 0 Å². The van der Waals surface area contributed by atoms with E-state index in [0.717, 1.165) is 56.0 Å². The predicted molar refractivity (Wildman–Crippen MR) is 147 cm³/mol. The van der Waals surface area contributed by atoms with E-state index in [0.29, 0.717) is 0 Å². The third-order valence-corrected chi connectivity index (χ3v) is 6.99. The summed E-state index contributed by atoms with van der Waals surface area (Å²) < 4.78 is 2.33. The summed E-state index contributed by atoms with van der Waals surface area (Å²) in [5.74, 6) is 2.06. The minimum atomic E-state index is 0.761. The molecule has 6 heteroatoms. The number of H-pyrrole nitrogens is 2. The van der Waals surface area contributed by atoms with Gasteiger partial charge in [0, 0.05) is 42.7 Å². The van der Waals surface area contributed by atoms with Gasteiger partial charge in [0.2, 0.25) is 0 Å². The Morgan fingerprint density at radius 3 is 2.32 bits per heavy atom. The quantitative estimate of drug-likeness (QED) is 0.244. The summed E-state index contributed by atoms with van der Waals surface area (Å²) in [7, 11) is 0. The van der Waals surface area contributed by atoms with Crippen LogP contribution in [-0.4, -0.2) is 29.7 Å². The number of para-hydroxylation sites is 1. The summed E-state index contributed by atoms with van der Waals surface area (Å²) in [5.41, 5.74) is 7.28. The lowest BCUT2D eigenvalue weighted by atomic mass is 10.0. The molecule has 0 unspecified atom stereocenters. The third kappa shape index (κ3) is 5.23. The van der Waals surface area contributed by atoms with Crippen LogP contribution in [0.3, 0.4) is 0 Å². The normalized spacial score (nSPS) is 11.4. The van der Waals surface area contributed by atoms with Crippen LogP contribution in [0.2, 0.25) is 0 Å². The number of imidazole rings is 1. The van der Waals surface area contributed by atoms with E-state index in [1.54, 1.807) is 6.33 Å². The Kier molecular flexibility index (Phi) is 6.62. The Morgan fingerprint density at radius 1 is 0.703 bits per heavy atom. The van der Waals surface area contributed by atoms with Crippen LogP contribution in [0.25, 0.3) is 22.0 Å². The molecule has 3 heterocycles. The summed E-state index contributed by atoms with van der Waals surface area (Å²) in [4.78, 5) is 10.8. The summed E-state index contributed by atoms with van der Waals surface area (Å²) in [6.07, 6.45) is 10.3. The van der Waals surface area contributed by atoms with Crippen molar-refractivity contribution in [2.45, 2.75) is 38.6 Å². The van der Waals surface area contributed by atoms with Gasteiger partial charge >= 0.3 is 0 Å². The lowest BCUT2D eigenvalue weighted by Gasteiger charge is -2.11. The minimum Gasteiger partial charge on any atom is -0.361 e. The van der Waals surface area contributed by atoms with Crippen molar-refractivity contribution in [2.75, 3.05) is 0 Å². The van der Waals surface area contributed by atoms with Crippen molar-refractivity contribution in [1.29, 1.82) is 0 Å². The van der Waals surface area contributed by atoms with E-state index in [2.05, 4.69) is 109 Å². The molecule has 184 valence electrons. The highest BCUT2D eigenvalue weighted by molar-refractivity contribution is 5.83. The number of benzene rings is 3. The number of aryl methyl sites for hydroxylation is 3. The first-order valence-corrected chi connectivity index (χ1v) is 12.9. The first-order valence-electron chi connectivity index (χ1n) is 12.9. The molecule has 0 saturated heterocycles. The fraction of sp³-hybridized carbons (Fsp3) is 0.194. The van der Waals surface area contributed by atoms with E-state index in [1.165, 1.54) is 33.2 Å². The molecule has 6 nitrogen and oxygen atoms in total. The molecule has 0 bridgehead atoms. The molecule has 0 saturated carbocycles. The maximum absolute atomic E-state index is 4.65. The van der Waals surface area contributed by atoms with E-state index in [1.807, 2.05) is 12.3 Å². The van der Waals surface area contributed by atoms with Crippen molar-refractivity contribution in [3.8, 4) is 11.1 Å². The molecule has 0 fully saturated rings. The number of aromatic amines is 2. The second-order valence-electron chi connectivity index (χ2n) is 9.45. The molecule has 3 aromatic heterocycles. The summed E-state index contributed by atoms with van der Waals surface area (Å²) in [6, 6.07) is 27.8. The molecule has 6 aromatic rings. The number of nitrogens with one attached hydrogen (secondary N) is 2. The average molecular weight is 487 g/mol. The van der Waals surface area contributed by atoms with Gasteiger partial charge in [-0.3, -0.25) is 0 Å². The van der Waals surface area contributed by atoms with Crippen LogP contribution in [0.5, 0.6) is 0 Å². The highest BCUT2D eigenvalue weighted by atomic mass is 15.3. The van der Waals surface area contributed by atoms with Gasteiger partial charge in [-0.05, 0) is 47.6 Å². The summed E-state index contributed by atoms with van der Waals surface area (Å²) in [6.45, 7) is 0.876. The molecule has 0 spiro atoms. The molecule has 2 N–H and O–H groups in total. The molecule has 0 aliphatic heterocycles. The van der Waals surface area contributed by atoms with Crippen LogP contribution in [0.15, 0.2) is 97.6 Å². The van der Waals surface area contributed by atoms with Crippen molar-refractivity contribution >= 4 is 10.9 Å². The zero-order chi connectivity index (χ0) is 24.9. The van der Waals surface area contributed by atoms with Crippen LogP contribution < -0.4 is 0 Å². The van der Waals surface area contributed by atoms with Crippen LogP contribution in [-0.2, 0) is 32.2 Å². The molecule has 6 rings (SSSR count). The Balaban J connectivity index is 1.21. The number of rotatable bonds is 10. The standard InChI is InChI=1S/C31H30N6/c1-2-7-24(8-3-1)25-14-12-23(13-15-25)19-31-36-35-30(37(31)18-6-9-27-21-32-22-34-27)17-16-26-20-33-29-11-5-4-10-28(26)29/h1-5,7-8,10-15,20-22,33H,6,9,16-19H2,(H,32,34). The maximum Gasteiger partial charge on any atom is 0.137 e. The summed E-state index contributed by atoms with van der Waals surface area (Å²) >= 11 is 0. The van der Waals surface area contributed by atoms with Gasteiger partial charge < -0.3 is 14.5 Å². The number of fused-ring (bicyclic) bond motifs is 1. The van der Waals surface area contributed by atoms with Crippen molar-refractivity contribution in [3.05, 3.63) is 126 Å². The molecule has 0 amide bonds. The lowest BCUT2D eigenvalue weighted by molar-refractivity contribution is 0.585. The number of aromatic nitrogens is 6. The van der Waals surface area contributed by atoms with Crippen LogP contribution in [0.4, 0.5) is 0 Å². The highest BCUT2D eigenvalue weighted by Gasteiger charge is 2.14. The first kappa shape index (κ1) is 23.0. The van der Waals surface area contributed by atoms with Gasteiger partial charge in [-0.15, -0.1) is 10.2 Å². The predicted octanol–water partition coefficient (Wildman–Crippen LogP) is 6.16.